The average molecular weight is 155 g/mol. The standard InChI is InChI=1S/C8H13NO2/c1-5-4-8(11-9-5)6(2)7(3)10/h6,8H,4H2,1-3H3/t6-,8+/m1/s1. The van der Waals surface area contributed by atoms with Crippen LogP contribution in [0.15, 0.2) is 5.16 Å². The number of Topliss-reactive ketones (excluding diaryl/α,β-unsaturated/α-hetero) is 1. The van der Waals surface area contributed by atoms with Crippen LogP contribution in [0.3, 0.4) is 0 Å². The third kappa shape index (κ3) is 1.79. The first kappa shape index (κ1) is 8.24. The average Bonchev–Trinajstić information content (AvgIpc) is 2.34. The normalized spacial score (nSPS) is 25.7. The fourth-order valence-electron chi connectivity index (χ4n) is 1.05. The Bertz CT molecular complexity index is 198. The molecule has 0 aromatic carbocycles. The molecule has 0 aromatic rings. The van der Waals surface area contributed by atoms with Gasteiger partial charge in [0.05, 0.1) is 11.6 Å². The van der Waals surface area contributed by atoms with E-state index >= 15 is 0 Å². The van der Waals surface area contributed by atoms with Gasteiger partial charge in [0.1, 0.15) is 11.9 Å². The maximum atomic E-state index is 10.9. The highest BCUT2D eigenvalue weighted by molar-refractivity contribution is 5.85. The Hall–Kier alpha value is -0.860. The summed E-state index contributed by atoms with van der Waals surface area (Å²) >= 11 is 0. The molecule has 3 nitrogen and oxygen atoms in total. The van der Waals surface area contributed by atoms with Crippen LogP contribution in [0.25, 0.3) is 0 Å². The number of hydrogen-bond acceptors (Lipinski definition) is 3. The molecule has 0 spiro atoms. The number of rotatable bonds is 2. The van der Waals surface area contributed by atoms with Crippen LogP contribution in [0.5, 0.6) is 0 Å². The van der Waals surface area contributed by atoms with E-state index in [4.69, 9.17) is 4.84 Å². The third-order valence-electron chi connectivity index (χ3n) is 2.04. The van der Waals surface area contributed by atoms with Crippen LogP contribution < -0.4 is 0 Å². The highest BCUT2D eigenvalue weighted by atomic mass is 16.6. The monoisotopic (exact) mass is 155 g/mol. The molecule has 0 radical (unpaired) electrons. The molecular weight excluding hydrogens is 142 g/mol. The van der Waals surface area contributed by atoms with Gasteiger partial charge in [0, 0.05) is 6.42 Å². The van der Waals surface area contributed by atoms with E-state index in [0.29, 0.717) is 0 Å². The predicted molar refractivity (Wildman–Crippen MR) is 42.4 cm³/mol. The largest absolute Gasteiger partial charge is 0.391 e. The molecule has 3 heteroatoms. The zero-order valence-electron chi connectivity index (χ0n) is 7.13. The minimum absolute atomic E-state index is 0.0208. The second-order valence-electron chi connectivity index (χ2n) is 3.07. The Morgan fingerprint density at radius 1 is 1.82 bits per heavy atom. The number of carbonyl (C=O) groups excluding carboxylic acids is 1. The summed E-state index contributed by atoms with van der Waals surface area (Å²) < 4.78 is 0. The molecule has 62 valence electrons. The quantitative estimate of drug-likeness (QED) is 0.604. The van der Waals surface area contributed by atoms with E-state index < -0.39 is 0 Å². The first-order valence-electron chi connectivity index (χ1n) is 3.81. The summed E-state index contributed by atoms with van der Waals surface area (Å²) in [6.45, 7) is 5.37. The topological polar surface area (TPSA) is 38.7 Å². The van der Waals surface area contributed by atoms with Gasteiger partial charge in [0.25, 0.3) is 0 Å². The summed E-state index contributed by atoms with van der Waals surface area (Å²) in [5, 5.41) is 3.79. The molecule has 11 heavy (non-hydrogen) atoms. The van der Waals surface area contributed by atoms with Crippen molar-refractivity contribution in [3.8, 4) is 0 Å². The minimum Gasteiger partial charge on any atom is -0.391 e. The Kier molecular flexibility index (Phi) is 2.27. The molecule has 1 rings (SSSR count). The molecule has 0 bridgehead atoms. The molecular formula is C8H13NO2. The fourth-order valence-corrected chi connectivity index (χ4v) is 1.05. The van der Waals surface area contributed by atoms with Crippen LogP contribution in [0.4, 0.5) is 0 Å². The summed E-state index contributed by atoms with van der Waals surface area (Å²) in [7, 11) is 0. The summed E-state index contributed by atoms with van der Waals surface area (Å²) in [5.74, 6) is 0.135. The molecule has 0 saturated carbocycles. The Morgan fingerprint density at radius 3 is 2.82 bits per heavy atom. The third-order valence-corrected chi connectivity index (χ3v) is 2.04. The second-order valence-corrected chi connectivity index (χ2v) is 3.07. The predicted octanol–water partition coefficient (Wildman–Crippen LogP) is 1.38. The van der Waals surface area contributed by atoms with Crippen LogP contribution in [-0.2, 0) is 9.63 Å². The molecule has 0 saturated heterocycles. The highest BCUT2D eigenvalue weighted by Crippen LogP contribution is 2.18. The van der Waals surface area contributed by atoms with E-state index in [1.54, 1.807) is 6.92 Å². The van der Waals surface area contributed by atoms with Gasteiger partial charge in [-0.25, -0.2) is 0 Å². The molecule has 0 amide bonds. The van der Waals surface area contributed by atoms with Gasteiger partial charge in [0.15, 0.2) is 0 Å². The molecule has 0 unspecified atom stereocenters. The lowest BCUT2D eigenvalue weighted by molar-refractivity contribution is -0.124. The first-order chi connectivity index (χ1) is 5.11. The highest BCUT2D eigenvalue weighted by Gasteiger charge is 2.27. The van der Waals surface area contributed by atoms with Gasteiger partial charge >= 0.3 is 0 Å². The van der Waals surface area contributed by atoms with E-state index in [0.717, 1.165) is 12.1 Å². The molecule has 0 fully saturated rings. The van der Waals surface area contributed by atoms with E-state index in [-0.39, 0.29) is 17.8 Å². The molecule has 1 heterocycles. The first-order valence-corrected chi connectivity index (χ1v) is 3.81. The maximum Gasteiger partial charge on any atom is 0.142 e. The van der Waals surface area contributed by atoms with Gasteiger partial charge in [-0.2, -0.15) is 0 Å². The number of oxime groups is 1. The van der Waals surface area contributed by atoms with Crippen molar-refractivity contribution >= 4 is 11.5 Å². The van der Waals surface area contributed by atoms with Crippen molar-refractivity contribution in [2.24, 2.45) is 11.1 Å². The van der Waals surface area contributed by atoms with Crippen molar-refractivity contribution in [1.29, 1.82) is 0 Å². The molecule has 0 aromatic heterocycles. The van der Waals surface area contributed by atoms with Crippen LogP contribution in [0.2, 0.25) is 0 Å². The smallest absolute Gasteiger partial charge is 0.142 e. The molecule has 0 aliphatic carbocycles. The van der Waals surface area contributed by atoms with Gasteiger partial charge in [0.2, 0.25) is 0 Å². The van der Waals surface area contributed by atoms with Crippen LogP contribution >= 0.6 is 0 Å². The zero-order valence-corrected chi connectivity index (χ0v) is 7.13. The molecule has 1 aliphatic heterocycles. The maximum absolute atomic E-state index is 10.9. The van der Waals surface area contributed by atoms with E-state index in [1.807, 2.05) is 13.8 Å². The lowest BCUT2D eigenvalue weighted by atomic mass is 9.97. The summed E-state index contributed by atoms with van der Waals surface area (Å²) in [5.41, 5.74) is 0.975. The van der Waals surface area contributed by atoms with Crippen molar-refractivity contribution in [1.82, 2.24) is 0 Å². The van der Waals surface area contributed by atoms with Crippen LogP contribution in [0, 0.1) is 5.92 Å². The van der Waals surface area contributed by atoms with Crippen LogP contribution in [0.1, 0.15) is 27.2 Å². The Balaban J connectivity index is 2.47. The lowest BCUT2D eigenvalue weighted by Crippen LogP contribution is -2.23. The van der Waals surface area contributed by atoms with E-state index in [9.17, 15) is 4.79 Å². The number of carbonyl (C=O) groups is 1. The molecule has 2 atom stereocenters. The fraction of sp³-hybridized carbons (Fsp3) is 0.750. The van der Waals surface area contributed by atoms with Gasteiger partial charge in [-0.1, -0.05) is 12.1 Å². The zero-order chi connectivity index (χ0) is 8.43. The van der Waals surface area contributed by atoms with Gasteiger partial charge in [-0.15, -0.1) is 0 Å². The summed E-state index contributed by atoms with van der Waals surface area (Å²) in [6.07, 6.45) is 0.772. The summed E-state index contributed by atoms with van der Waals surface area (Å²) in [6, 6.07) is 0. The van der Waals surface area contributed by atoms with Crippen molar-refractivity contribution in [2.45, 2.75) is 33.3 Å². The van der Waals surface area contributed by atoms with Crippen molar-refractivity contribution in [2.75, 3.05) is 0 Å². The van der Waals surface area contributed by atoms with E-state index in [2.05, 4.69) is 5.16 Å². The van der Waals surface area contributed by atoms with Gasteiger partial charge < -0.3 is 4.84 Å². The lowest BCUT2D eigenvalue weighted by Gasteiger charge is -2.13. The number of ketones is 1. The van der Waals surface area contributed by atoms with Gasteiger partial charge in [-0.3, -0.25) is 4.79 Å². The molecule has 1 aliphatic rings. The number of nitrogens with zero attached hydrogens (tertiary/aromatic N) is 1. The summed E-state index contributed by atoms with van der Waals surface area (Å²) in [4.78, 5) is 16.0. The van der Waals surface area contributed by atoms with Gasteiger partial charge in [-0.05, 0) is 13.8 Å². The Morgan fingerprint density at radius 2 is 2.45 bits per heavy atom. The molecule has 0 N–H and O–H groups in total. The van der Waals surface area contributed by atoms with Crippen molar-refractivity contribution < 1.29 is 9.63 Å². The minimum atomic E-state index is -0.0313. The van der Waals surface area contributed by atoms with Crippen molar-refractivity contribution in [3.05, 3.63) is 0 Å². The SMILES string of the molecule is CC(=O)[C@@H](C)[C@@H]1CC(C)=NO1. The van der Waals surface area contributed by atoms with E-state index in [1.165, 1.54) is 0 Å². The second kappa shape index (κ2) is 3.03. The Labute approximate surface area is 66.4 Å². The van der Waals surface area contributed by atoms with Crippen molar-refractivity contribution in [3.63, 3.8) is 0 Å². The number of hydrogen-bond donors (Lipinski definition) is 0. The van der Waals surface area contributed by atoms with Crippen LogP contribution in [-0.4, -0.2) is 17.6 Å².